The van der Waals surface area contributed by atoms with Crippen LogP contribution in [0.5, 0.6) is 0 Å². The Labute approximate surface area is 149 Å². The molecule has 4 heteroatoms. The van der Waals surface area contributed by atoms with E-state index in [-0.39, 0.29) is 22.8 Å². The molecule has 2 aliphatic rings. The first-order valence-corrected chi connectivity index (χ1v) is 9.26. The van der Waals surface area contributed by atoms with Crippen molar-refractivity contribution in [2.45, 2.75) is 64.3 Å². The van der Waals surface area contributed by atoms with Gasteiger partial charge in [0.15, 0.2) is 5.78 Å². The average Bonchev–Trinajstić information content (AvgIpc) is 2.82. The minimum absolute atomic E-state index is 0.105. The van der Waals surface area contributed by atoms with Crippen LogP contribution < -0.4 is 5.32 Å². The highest BCUT2D eigenvalue weighted by molar-refractivity contribution is 5.99. The first-order chi connectivity index (χ1) is 11.9. The molecule has 2 N–H and O–H groups in total. The standard InChI is InChI=1S/C21H27NO3/c1-21(2)13-16-10-9-15(20(24)25)11-17(16)18(22-21)12-19(23)14-7-5-3-4-6-8-14/h9-12,14,22H,3-8,13H2,1-2H3,(H,24,25). The molecule has 1 aliphatic heterocycles. The van der Waals surface area contributed by atoms with E-state index in [1.165, 1.54) is 12.8 Å². The predicted octanol–water partition coefficient (Wildman–Crippen LogP) is 4.19. The van der Waals surface area contributed by atoms with Gasteiger partial charge in [0.1, 0.15) is 0 Å². The van der Waals surface area contributed by atoms with Crippen molar-refractivity contribution in [3.05, 3.63) is 41.0 Å². The number of carbonyl (C=O) groups is 2. The van der Waals surface area contributed by atoms with Crippen molar-refractivity contribution in [3.8, 4) is 0 Å². The van der Waals surface area contributed by atoms with E-state index >= 15 is 0 Å². The molecule has 1 aromatic carbocycles. The number of aromatic carboxylic acids is 1. The minimum atomic E-state index is -0.943. The molecule has 0 spiro atoms. The van der Waals surface area contributed by atoms with Gasteiger partial charge in [0.2, 0.25) is 0 Å². The van der Waals surface area contributed by atoms with Gasteiger partial charge in [-0.05, 0) is 50.8 Å². The maximum Gasteiger partial charge on any atom is 0.335 e. The van der Waals surface area contributed by atoms with Crippen LogP contribution >= 0.6 is 0 Å². The van der Waals surface area contributed by atoms with E-state index in [4.69, 9.17) is 0 Å². The van der Waals surface area contributed by atoms with E-state index in [0.717, 1.165) is 48.9 Å². The fourth-order valence-corrected chi connectivity index (χ4v) is 4.00. The topological polar surface area (TPSA) is 66.4 Å². The zero-order valence-corrected chi connectivity index (χ0v) is 15.1. The summed E-state index contributed by atoms with van der Waals surface area (Å²) in [5, 5.41) is 12.7. The van der Waals surface area contributed by atoms with Gasteiger partial charge in [0, 0.05) is 28.8 Å². The van der Waals surface area contributed by atoms with Gasteiger partial charge in [-0.3, -0.25) is 4.79 Å². The van der Waals surface area contributed by atoms with Crippen LogP contribution in [0.25, 0.3) is 5.70 Å². The molecular weight excluding hydrogens is 314 g/mol. The van der Waals surface area contributed by atoms with Crippen molar-refractivity contribution in [3.63, 3.8) is 0 Å². The van der Waals surface area contributed by atoms with E-state index in [1.54, 1.807) is 18.2 Å². The molecule has 3 rings (SSSR count). The second-order valence-electron chi connectivity index (χ2n) is 8.01. The van der Waals surface area contributed by atoms with Crippen LogP contribution in [0.4, 0.5) is 0 Å². The molecule has 0 amide bonds. The van der Waals surface area contributed by atoms with Crippen molar-refractivity contribution in [2.24, 2.45) is 5.92 Å². The summed E-state index contributed by atoms with van der Waals surface area (Å²) in [4.78, 5) is 24.1. The second-order valence-corrected chi connectivity index (χ2v) is 8.01. The molecule has 0 bridgehead atoms. The average molecular weight is 341 g/mol. The minimum Gasteiger partial charge on any atom is -0.478 e. The van der Waals surface area contributed by atoms with Crippen LogP contribution in [-0.2, 0) is 11.2 Å². The van der Waals surface area contributed by atoms with Crippen molar-refractivity contribution in [2.75, 3.05) is 0 Å². The van der Waals surface area contributed by atoms with Crippen LogP contribution in [-0.4, -0.2) is 22.4 Å². The van der Waals surface area contributed by atoms with E-state index in [1.807, 2.05) is 6.07 Å². The SMILES string of the molecule is CC1(C)Cc2ccc(C(=O)O)cc2C(=CC(=O)C2CCCCCC2)N1. The Morgan fingerprint density at radius 1 is 1.16 bits per heavy atom. The number of rotatable bonds is 3. The van der Waals surface area contributed by atoms with E-state index < -0.39 is 5.97 Å². The largest absolute Gasteiger partial charge is 0.478 e. The van der Waals surface area contributed by atoms with Gasteiger partial charge in [-0.2, -0.15) is 0 Å². The summed E-state index contributed by atoms with van der Waals surface area (Å²) >= 11 is 0. The second kappa shape index (κ2) is 7.03. The number of carbonyl (C=O) groups excluding carboxylic acids is 1. The first kappa shape index (κ1) is 17.7. The Bertz CT molecular complexity index is 710. The zero-order chi connectivity index (χ0) is 18.0. The summed E-state index contributed by atoms with van der Waals surface area (Å²) in [7, 11) is 0. The molecular formula is C21H27NO3. The zero-order valence-electron chi connectivity index (χ0n) is 15.1. The van der Waals surface area contributed by atoms with Crippen LogP contribution in [0.3, 0.4) is 0 Å². The fraction of sp³-hybridized carbons (Fsp3) is 0.524. The normalized spacial score (nSPS) is 21.9. The van der Waals surface area contributed by atoms with E-state index in [9.17, 15) is 14.7 Å². The van der Waals surface area contributed by atoms with Gasteiger partial charge in [0.05, 0.1) is 5.56 Å². The third-order valence-corrected chi connectivity index (χ3v) is 5.30. The Morgan fingerprint density at radius 3 is 2.48 bits per heavy atom. The Balaban J connectivity index is 1.95. The number of hydrogen-bond donors (Lipinski definition) is 2. The lowest BCUT2D eigenvalue weighted by molar-refractivity contribution is -0.118. The molecule has 25 heavy (non-hydrogen) atoms. The number of allylic oxidation sites excluding steroid dienone is 1. The number of carboxylic acids is 1. The summed E-state index contributed by atoms with van der Waals surface area (Å²) in [6, 6.07) is 5.21. The maximum atomic E-state index is 12.8. The highest BCUT2D eigenvalue weighted by Gasteiger charge is 2.29. The van der Waals surface area contributed by atoms with Crippen LogP contribution in [0.15, 0.2) is 24.3 Å². The summed E-state index contributed by atoms with van der Waals surface area (Å²) in [6.45, 7) is 4.20. The Morgan fingerprint density at radius 2 is 1.84 bits per heavy atom. The molecule has 1 fully saturated rings. The van der Waals surface area contributed by atoms with Crippen molar-refractivity contribution >= 4 is 17.4 Å². The molecule has 0 unspecified atom stereocenters. The fourth-order valence-electron chi connectivity index (χ4n) is 4.00. The molecule has 4 nitrogen and oxygen atoms in total. The van der Waals surface area contributed by atoms with Crippen molar-refractivity contribution in [1.29, 1.82) is 0 Å². The Kier molecular flexibility index (Phi) is 4.98. The number of ketones is 1. The molecule has 0 aromatic heterocycles. The van der Waals surface area contributed by atoms with Gasteiger partial charge >= 0.3 is 5.97 Å². The highest BCUT2D eigenvalue weighted by atomic mass is 16.4. The maximum absolute atomic E-state index is 12.8. The van der Waals surface area contributed by atoms with Crippen LogP contribution in [0.2, 0.25) is 0 Å². The van der Waals surface area contributed by atoms with Crippen molar-refractivity contribution < 1.29 is 14.7 Å². The molecule has 0 radical (unpaired) electrons. The van der Waals surface area contributed by atoms with Crippen LogP contribution in [0.1, 0.15) is 73.9 Å². The summed E-state index contributed by atoms with van der Waals surface area (Å²) < 4.78 is 0. The van der Waals surface area contributed by atoms with Crippen LogP contribution in [0, 0.1) is 5.92 Å². The first-order valence-electron chi connectivity index (χ1n) is 9.26. The van der Waals surface area contributed by atoms with Crippen molar-refractivity contribution in [1.82, 2.24) is 5.32 Å². The Hall–Kier alpha value is -2.10. The lowest BCUT2D eigenvalue weighted by Crippen LogP contribution is -2.44. The van der Waals surface area contributed by atoms with E-state index in [0.29, 0.717) is 0 Å². The molecule has 1 heterocycles. The predicted molar refractivity (Wildman–Crippen MR) is 98.5 cm³/mol. The molecule has 1 saturated carbocycles. The molecule has 1 aliphatic carbocycles. The highest BCUT2D eigenvalue weighted by Crippen LogP contribution is 2.32. The lowest BCUT2D eigenvalue weighted by atomic mass is 9.84. The number of nitrogens with one attached hydrogen (secondary N) is 1. The van der Waals surface area contributed by atoms with Gasteiger partial charge < -0.3 is 10.4 Å². The summed E-state index contributed by atoms with van der Waals surface area (Å²) in [5.41, 5.74) is 2.80. The summed E-state index contributed by atoms with van der Waals surface area (Å²) in [6.07, 6.45) is 9.14. The third kappa shape index (κ3) is 4.12. The summed E-state index contributed by atoms with van der Waals surface area (Å²) in [5.74, 6) is -0.663. The number of carboxylic acid groups (broad SMARTS) is 1. The number of hydrogen-bond acceptors (Lipinski definition) is 3. The van der Waals surface area contributed by atoms with E-state index in [2.05, 4.69) is 19.2 Å². The third-order valence-electron chi connectivity index (χ3n) is 5.30. The molecule has 1 aromatic rings. The van der Waals surface area contributed by atoms with Gasteiger partial charge in [-0.15, -0.1) is 0 Å². The quantitative estimate of drug-likeness (QED) is 0.639. The molecule has 134 valence electrons. The molecule has 0 saturated heterocycles. The molecule has 0 atom stereocenters. The smallest absolute Gasteiger partial charge is 0.335 e. The lowest BCUT2D eigenvalue weighted by Gasteiger charge is -2.36. The van der Waals surface area contributed by atoms with Gasteiger partial charge in [-0.1, -0.05) is 31.7 Å². The monoisotopic (exact) mass is 341 g/mol. The number of benzene rings is 1. The number of fused-ring (bicyclic) bond motifs is 1. The van der Waals surface area contributed by atoms with Gasteiger partial charge in [0.25, 0.3) is 0 Å². The van der Waals surface area contributed by atoms with Gasteiger partial charge in [-0.25, -0.2) is 4.79 Å².